The van der Waals surface area contributed by atoms with Crippen molar-refractivity contribution in [1.82, 2.24) is 14.5 Å². The SMILES string of the molecule is CCOc1cncc(C(O)c2cncn2C2CC2)c1. The maximum Gasteiger partial charge on any atom is 0.137 e. The quantitative estimate of drug-likeness (QED) is 0.893. The van der Waals surface area contributed by atoms with Crippen LogP contribution in [-0.4, -0.2) is 26.2 Å². The summed E-state index contributed by atoms with van der Waals surface area (Å²) in [6.07, 6.45) is 8.43. The molecule has 0 spiro atoms. The van der Waals surface area contributed by atoms with Gasteiger partial charge in [-0.1, -0.05) is 0 Å². The average Bonchev–Trinajstić information content (AvgIpc) is 3.16. The molecule has 1 unspecified atom stereocenters. The number of rotatable bonds is 5. The van der Waals surface area contributed by atoms with Gasteiger partial charge < -0.3 is 14.4 Å². The second-order valence-corrected chi connectivity index (χ2v) is 4.75. The Morgan fingerprint density at radius 3 is 2.95 bits per heavy atom. The third-order valence-electron chi connectivity index (χ3n) is 3.28. The van der Waals surface area contributed by atoms with Gasteiger partial charge in [-0.15, -0.1) is 0 Å². The largest absolute Gasteiger partial charge is 0.492 e. The van der Waals surface area contributed by atoms with Crippen molar-refractivity contribution in [2.45, 2.75) is 31.9 Å². The van der Waals surface area contributed by atoms with E-state index in [0.29, 0.717) is 18.4 Å². The number of hydrogen-bond acceptors (Lipinski definition) is 4. The highest BCUT2D eigenvalue weighted by atomic mass is 16.5. The monoisotopic (exact) mass is 259 g/mol. The molecule has 0 aromatic carbocycles. The smallest absolute Gasteiger partial charge is 0.137 e. The zero-order valence-electron chi connectivity index (χ0n) is 10.9. The molecule has 0 saturated heterocycles. The van der Waals surface area contributed by atoms with Gasteiger partial charge in [0.25, 0.3) is 0 Å². The molecule has 1 N–H and O–H groups in total. The Morgan fingerprint density at radius 1 is 1.37 bits per heavy atom. The first kappa shape index (κ1) is 12.2. The molecular formula is C14H17N3O2. The van der Waals surface area contributed by atoms with Crippen LogP contribution in [0.25, 0.3) is 0 Å². The van der Waals surface area contributed by atoms with Gasteiger partial charge in [0.2, 0.25) is 0 Å². The second-order valence-electron chi connectivity index (χ2n) is 4.75. The van der Waals surface area contributed by atoms with E-state index < -0.39 is 6.10 Å². The summed E-state index contributed by atoms with van der Waals surface area (Å²) in [6.45, 7) is 2.51. The van der Waals surface area contributed by atoms with E-state index in [1.807, 2.05) is 13.0 Å². The molecule has 19 heavy (non-hydrogen) atoms. The van der Waals surface area contributed by atoms with Crippen LogP contribution in [0.2, 0.25) is 0 Å². The van der Waals surface area contributed by atoms with Gasteiger partial charge in [0.05, 0.1) is 31.0 Å². The molecule has 0 aliphatic heterocycles. The van der Waals surface area contributed by atoms with E-state index in [-0.39, 0.29) is 0 Å². The van der Waals surface area contributed by atoms with Gasteiger partial charge in [-0.2, -0.15) is 0 Å². The lowest BCUT2D eigenvalue weighted by Crippen LogP contribution is -2.07. The first-order valence-electron chi connectivity index (χ1n) is 6.57. The molecule has 0 bridgehead atoms. The lowest BCUT2D eigenvalue weighted by atomic mass is 10.1. The van der Waals surface area contributed by atoms with E-state index in [9.17, 15) is 5.11 Å². The van der Waals surface area contributed by atoms with E-state index in [0.717, 1.165) is 24.1 Å². The van der Waals surface area contributed by atoms with Crippen molar-refractivity contribution in [2.75, 3.05) is 6.61 Å². The fourth-order valence-corrected chi connectivity index (χ4v) is 2.19. The number of ether oxygens (including phenoxy) is 1. The zero-order valence-corrected chi connectivity index (χ0v) is 10.9. The standard InChI is InChI=1S/C14H17N3O2/c1-2-19-12-5-10(6-15-7-12)14(18)13-8-16-9-17(13)11-3-4-11/h5-9,11,14,18H,2-4H2,1H3. The fraction of sp³-hybridized carbons (Fsp3) is 0.429. The summed E-state index contributed by atoms with van der Waals surface area (Å²) in [7, 11) is 0. The molecule has 1 atom stereocenters. The maximum atomic E-state index is 10.5. The molecule has 1 saturated carbocycles. The van der Waals surface area contributed by atoms with Crippen molar-refractivity contribution < 1.29 is 9.84 Å². The predicted octanol–water partition coefficient (Wildman–Crippen LogP) is 2.09. The van der Waals surface area contributed by atoms with E-state index in [4.69, 9.17) is 4.74 Å². The van der Waals surface area contributed by atoms with E-state index in [1.54, 1.807) is 24.9 Å². The van der Waals surface area contributed by atoms with E-state index in [2.05, 4.69) is 14.5 Å². The minimum absolute atomic E-state index is 0.496. The van der Waals surface area contributed by atoms with Crippen LogP contribution >= 0.6 is 0 Å². The summed E-state index contributed by atoms with van der Waals surface area (Å²) in [5, 5.41) is 10.5. The van der Waals surface area contributed by atoms with Crippen LogP contribution < -0.4 is 4.74 Å². The molecule has 5 heteroatoms. The highest BCUT2D eigenvalue weighted by molar-refractivity contribution is 5.29. The van der Waals surface area contributed by atoms with Gasteiger partial charge in [-0.25, -0.2) is 4.98 Å². The first-order valence-corrected chi connectivity index (χ1v) is 6.57. The Hall–Kier alpha value is -1.88. The predicted molar refractivity (Wildman–Crippen MR) is 70.0 cm³/mol. The molecule has 2 heterocycles. The lowest BCUT2D eigenvalue weighted by Gasteiger charge is -2.14. The van der Waals surface area contributed by atoms with Gasteiger partial charge in [0.15, 0.2) is 0 Å². The van der Waals surface area contributed by atoms with Crippen molar-refractivity contribution in [3.05, 3.63) is 42.2 Å². The molecule has 2 aromatic rings. The van der Waals surface area contributed by atoms with Crippen molar-refractivity contribution in [3.8, 4) is 5.75 Å². The third-order valence-corrected chi connectivity index (χ3v) is 3.28. The Kier molecular flexibility index (Phi) is 3.21. The molecule has 1 aliphatic carbocycles. The fourth-order valence-electron chi connectivity index (χ4n) is 2.19. The van der Waals surface area contributed by atoms with Crippen LogP contribution in [0.15, 0.2) is 31.0 Å². The summed E-state index contributed by atoms with van der Waals surface area (Å²) in [4.78, 5) is 8.25. The van der Waals surface area contributed by atoms with Crippen molar-refractivity contribution in [2.24, 2.45) is 0 Å². The lowest BCUT2D eigenvalue weighted by molar-refractivity contribution is 0.208. The van der Waals surface area contributed by atoms with Crippen LogP contribution in [0, 0.1) is 0 Å². The Labute approximate surface area is 111 Å². The minimum atomic E-state index is -0.712. The normalized spacial score (nSPS) is 16.3. The molecule has 0 radical (unpaired) electrons. The highest BCUT2D eigenvalue weighted by Crippen LogP contribution is 2.37. The Balaban J connectivity index is 1.88. The summed E-state index contributed by atoms with van der Waals surface area (Å²) >= 11 is 0. The third kappa shape index (κ3) is 2.46. The average molecular weight is 259 g/mol. The number of aliphatic hydroxyl groups excluding tert-OH is 1. The van der Waals surface area contributed by atoms with Gasteiger partial charge >= 0.3 is 0 Å². The summed E-state index contributed by atoms with van der Waals surface area (Å²) in [5.41, 5.74) is 1.55. The highest BCUT2D eigenvalue weighted by Gasteiger charge is 2.28. The molecule has 5 nitrogen and oxygen atoms in total. The number of nitrogens with zero attached hydrogens (tertiary/aromatic N) is 3. The van der Waals surface area contributed by atoms with E-state index >= 15 is 0 Å². The van der Waals surface area contributed by atoms with Crippen LogP contribution in [0.3, 0.4) is 0 Å². The first-order chi connectivity index (χ1) is 9.29. The van der Waals surface area contributed by atoms with Crippen molar-refractivity contribution >= 4 is 0 Å². The van der Waals surface area contributed by atoms with Gasteiger partial charge in [-0.05, 0) is 25.8 Å². The van der Waals surface area contributed by atoms with E-state index in [1.165, 1.54) is 0 Å². The summed E-state index contributed by atoms with van der Waals surface area (Å²) < 4.78 is 7.46. The summed E-state index contributed by atoms with van der Waals surface area (Å²) in [6, 6.07) is 2.32. The second kappa shape index (κ2) is 5.01. The number of imidazole rings is 1. The molecule has 3 rings (SSSR count). The van der Waals surface area contributed by atoms with Crippen molar-refractivity contribution in [1.29, 1.82) is 0 Å². The van der Waals surface area contributed by atoms with Crippen molar-refractivity contribution in [3.63, 3.8) is 0 Å². The van der Waals surface area contributed by atoms with Crippen LogP contribution in [-0.2, 0) is 0 Å². The number of hydrogen-bond donors (Lipinski definition) is 1. The van der Waals surface area contributed by atoms with Gasteiger partial charge in [-0.3, -0.25) is 4.98 Å². The number of aliphatic hydroxyl groups is 1. The molecular weight excluding hydrogens is 242 g/mol. The minimum Gasteiger partial charge on any atom is -0.492 e. The Morgan fingerprint density at radius 2 is 2.21 bits per heavy atom. The zero-order chi connectivity index (χ0) is 13.2. The number of aromatic nitrogens is 3. The Bertz CT molecular complexity index is 563. The summed E-state index contributed by atoms with van der Waals surface area (Å²) in [5.74, 6) is 0.677. The van der Waals surface area contributed by atoms with Gasteiger partial charge in [0.1, 0.15) is 11.9 Å². The molecule has 1 aliphatic rings. The maximum absolute atomic E-state index is 10.5. The van der Waals surface area contributed by atoms with Crippen LogP contribution in [0.4, 0.5) is 0 Å². The number of pyridine rings is 1. The van der Waals surface area contributed by atoms with Crippen LogP contribution in [0.5, 0.6) is 5.75 Å². The topological polar surface area (TPSA) is 60.2 Å². The van der Waals surface area contributed by atoms with Crippen LogP contribution in [0.1, 0.15) is 43.2 Å². The molecule has 0 amide bonds. The molecule has 2 aromatic heterocycles. The molecule has 1 fully saturated rings. The van der Waals surface area contributed by atoms with Gasteiger partial charge in [0, 0.05) is 17.8 Å². The molecule has 100 valence electrons.